The maximum atomic E-state index is 10.9. The Bertz CT molecular complexity index is 1150. The van der Waals surface area contributed by atoms with Gasteiger partial charge >= 0.3 is 0 Å². The highest BCUT2D eigenvalue weighted by Gasteiger charge is 2.09. The van der Waals surface area contributed by atoms with Crippen molar-refractivity contribution in [3.05, 3.63) is 75.3 Å². The highest BCUT2D eigenvalue weighted by atomic mass is 32.1. The van der Waals surface area contributed by atoms with E-state index < -0.39 is 4.92 Å². The van der Waals surface area contributed by atoms with Gasteiger partial charge in [-0.05, 0) is 35.1 Å². The van der Waals surface area contributed by atoms with Crippen LogP contribution in [0.2, 0.25) is 0 Å². The minimum absolute atomic E-state index is 0.0541. The van der Waals surface area contributed by atoms with Gasteiger partial charge in [0.05, 0.1) is 15.1 Å². The summed E-state index contributed by atoms with van der Waals surface area (Å²) in [5.41, 5.74) is 1.50. The molecule has 122 valence electrons. The summed E-state index contributed by atoms with van der Waals surface area (Å²) in [6.07, 6.45) is 3.64. The van der Waals surface area contributed by atoms with Gasteiger partial charge in [0.25, 0.3) is 5.69 Å². The fraction of sp³-hybridized carbons (Fsp3) is 0. The molecule has 0 unspecified atom stereocenters. The lowest BCUT2D eigenvalue weighted by Crippen LogP contribution is -1.85. The third kappa shape index (κ3) is 2.83. The molecule has 0 radical (unpaired) electrons. The molecule has 0 saturated carbocycles. The van der Waals surface area contributed by atoms with Gasteiger partial charge in [-0.1, -0.05) is 30.3 Å². The number of nitro benzene ring substituents is 1. The summed E-state index contributed by atoms with van der Waals surface area (Å²) in [5.74, 6) is 0.201. The Labute approximate surface area is 146 Å². The molecule has 0 bridgehead atoms. The lowest BCUT2D eigenvalue weighted by Gasteiger charge is -2.04. The standard InChI is InChI=1S/C19H12N2O3S/c22-17-9-5-12-3-1-2-4-14(12)15(17)7-10-19-20-16-8-6-13(21(23)24)11-18(16)25-19/h1-11,22H/b10-7+. The smallest absolute Gasteiger partial charge is 0.270 e. The van der Waals surface area contributed by atoms with Gasteiger partial charge in [-0.25, -0.2) is 4.98 Å². The number of aromatic nitrogens is 1. The van der Waals surface area contributed by atoms with Crippen LogP contribution in [-0.2, 0) is 0 Å². The van der Waals surface area contributed by atoms with Crippen LogP contribution >= 0.6 is 11.3 Å². The molecule has 0 aliphatic carbocycles. The molecule has 0 spiro atoms. The topological polar surface area (TPSA) is 76.3 Å². The van der Waals surface area contributed by atoms with Crippen molar-refractivity contribution in [3.63, 3.8) is 0 Å². The quantitative estimate of drug-likeness (QED) is 0.406. The maximum Gasteiger partial charge on any atom is 0.270 e. The van der Waals surface area contributed by atoms with Crippen LogP contribution in [0.5, 0.6) is 5.75 Å². The fourth-order valence-electron chi connectivity index (χ4n) is 2.73. The summed E-state index contributed by atoms with van der Waals surface area (Å²) in [7, 11) is 0. The summed E-state index contributed by atoms with van der Waals surface area (Å²) in [6, 6.07) is 16.0. The lowest BCUT2D eigenvalue weighted by molar-refractivity contribution is -0.384. The van der Waals surface area contributed by atoms with Gasteiger partial charge in [-0.3, -0.25) is 10.1 Å². The lowest BCUT2D eigenvalue weighted by atomic mass is 10.0. The van der Waals surface area contributed by atoms with Crippen LogP contribution in [-0.4, -0.2) is 15.0 Å². The van der Waals surface area contributed by atoms with E-state index in [1.165, 1.54) is 23.5 Å². The van der Waals surface area contributed by atoms with Crippen molar-refractivity contribution < 1.29 is 10.0 Å². The molecule has 0 saturated heterocycles. The van der Waals surface area contributed by atoms with Crippen LogP contribution in [0.4, 0.5) is 5.69 Å². The Balaban J connectivity index is 1.76. The molecular formula is C19H12N2O3S. The summed E-state index contributed by atoms with van der Waals surface area (Å²) in [5, 5.41) is 23.8. The fourth-order valence-corrected chi connectivity index (χ4v) is 3.63. The van der Waals surface area contributed by atoms with Gasteiger partial charge in [0.15, 0.2) is 0 Å². The molecule has 1 heterocycles. The van der Waals surface area contributed by atoms with Crippen LogP contribution in [0.15, 0.2) is 54.6 Å². The molecule has 0 aliphatic heterocycles. The molecule has 0 atom stereocenters. The summed E-state index contributed by atoms with van der Waals surface area (Å²) in [6.45, 7) is 0. The van der Waals surface area contributed by atoms with Crippen LogP contribution in [0, 0.1) is 10.1 Å². The monoisotopic (exact) mass is 348 g/mol. The first-order valence-corrected chi connectivity index (χ1v) is 8.37. The summed E-state index contributed by atoms with van der Waals surface area (Å²) in [4.78, 5) is 14.9. The Morgan fingerprint density at radius 2 is 1.92 bits per heavy atom. The van der Waals surface area contributed by atoms with Gasteiger partial charge in [0.1, 0.15) is 10.8 Å². The van der Waals surface area contributed by atoms with Crippen molar-refractivity contribution in [1.82, 2.24) is 4.98 Å². The predicted molar refractivity (Wildman–Crippen MR) is 101 cm³/mol. The number of thiazole rings is 1. The normalized spacial score (nSPS) is 11.5. The zero-order valence-electron chi connectivity index (χ0n) is 12.9. The number of hydrogen-bond acceptors (Lipinski definition) is 5. The van der Waals surface area contributed by atoms with Gasteiger partial charge in [-0.2, -0.15) is 0 Å². The first kappa shape index (κ1) is 15.3. The highest BCUT2D eigenvalue weighted by molar-refractivity contribution is 7.19. The molecule has 5 nitrogen and oxygen atoms in total. The Morgan fingerprint density at radius 1 is 1.08 bits per heavy atom. The predicted octanol–water partition coefficient (Wildman–Crippen LogP) is 5.23. The van der Waals surface area contributed by atoms with Crippen LogP contribution in [0.3, 0.4) is 0 Å². The molecule has 0 fully saturated rings. The second-order valence-electron chi connectivity index (χ2n) is 5.51. The van der Waals surface area contributed by atoms with Gasteiger partial charge < -0.3 is 5.11 Å². The van der Waals surface area contributed by atoms with E-state index >= 15 is 0 Å². The minimum atomic E-state index is -0.414. The van der Waals surface area contributed by atoms with E-state index in [1.54, 1.807) is 12.1 Å². The van der Waals surface area contributed by atoms with Gasteiger partial charge in [0.2, 0.25) is 0 Å². The zero-order chi connectivity index (χ0) is 17.4. The number of nitro groups is 1. The number of fused-ring (bicyclic) bond motifs is 2. The highest BCUT2D eigenvalue weighted by Crippen LogP contribution is 2.31. The minimum Gasteiger partial charge on any atom is -0.507 e. The average Bonchev–Trinajstić information content (AvgIpc) is 3.02. The van der Waals surface area contributed by atoms with Crippen molar-refractivity contribution in [2.75, 3.05) is 0 Å². The Kier molecular flexibility index (Phi) is 3.66. The first-order valence-electron chi connectivity index (χ1n) is 7.55. The number of non-ortho nitro benzene ring substituents is 1. The summed E-state index contributed by atoms with van der Waals surface area (Å²) < 4.78 is 0.760. The van der Waals surface area contributed by atoms with E-state index in [0.29, 0.717) is 0 Å². The number of nitrogens with zero attached hydrogens (tertiary/aromatic N) is 2. The van der Waals surface area contributed by atoms with Crippen molar-refractivity contribution >= 4 is 50.2 Å². The van der Waals surface area contributed by atoms with Crippen LogP contribution in [0.25, 0.3) is 33.1 Å². The molecular weight excluding hydrogens is 336 g/mol. The second kappa shape index (κ2) is 5.99. The molecule has 25 heavy (non-hydrogen) atoms. The molecule has 1 aromatic heterocycles. The largest absolute Gasteiger partial charge is 0.507 e. The van der Waals surface area contributed by atoms with Crippen molar-refractivity contribution in [2.24, 2.45) is 0 Å². The third-order valence-electron chi connectivity index (χ3n) is 3.94. The van der Waals surface area contributed by atoms with E-state index in [-0.39, 0.29) is 11.4 Å². The van der Waals surface area contributed by atoms with Crippen LogP contribution in [0.1, 0.15) is 10.6 Å². The average molecular weight is 348 g/mol. The Hall–Kier alpha value is -3.25. The van der Waals surface area contributed by atoms with E-state index in [1.807, 2.05) is 42.5 Å². The third-order valence-corrected chi connectivity index (χ3v) is 4.92. The van der Waals surface area contributed by atoms with E-state index in [9.17, 15) is 15.2 Å². The van der Waals surface area contributed by atoms with Crippen molar-refractivity contribution in [1.29, 1.82) is 0 Å². The van der Waals surface area contributed by atoms with Crippen LogP contribution < -0.4 is 0 Å². The number of phenols is 1. The number of phenolic OH excluding ortho intramolecular Hbond substituents is 1. The van der Waals surface area contributed by atoms with E-state index in [0.717, 1.165) is 31.6 Å². The second-order valence-corrected chi connectivity index (χ2v) is 6.58. The number of rotatable bonds is 3. The number of hydrogen-bond donors (Lipinski definition) is 1. The van der Waals surface area contributed by atoms with E-state index in [4.69, 9.17) is 0 Å². The molecule has 1 N–H and O–H groups in total. The molecule has 0 aliphatic rings. The zero-order valence-corrected chi connectivity index (χ0v) is 13.7. The first-order chi connectivity index (χ1) is 12.1. The maximum absolute atomic E-state index is 10.9. The number of aromatic hydroxyl groups is 1. The summed E-state index contributed by atoms with van der Waals surface area (Å²) >= 11 is 1.38. The molecule has 0 amide bonds. The Morgan fingerprint density at radius 3 is 2.76 bits per heavy atom. The SMILES string of the molecule is O=[N+]([O-])c1ccc2nc(/C=C/c3c(O)ccc4ccccc34)sc2c1. The molecule has 4 rings (SSSR count). The molecule has 4 aromatic rings. The van der Waals surface area contributed by atoms with Gasteiger partial charge in [0, 0.05) is 17.7 Å². The van der Waals surface area contributed by atoms with Gasteiger partial charge in [-0.15, -0.1) is 11.3 Å². The van der Waals surface area contributed by atoms with Crippen molar-refractivity contribution in [3.8, 4) is 5.75 Å². The molecule has 3 aromatic carbocycles. The van der Waals surface area contributed by atoms with Crippen molar-refractivity contribution in [2.45, 2.75) is 0 Å². The van der Waals surface area contributed by atoms with E-state index in [2.05, 4.69) is 4.98 Å². The molecule has 6 heteroatoms. The number of benzene rings is 3.